The molecule has 0 spiro atoms. The number of rotatable bonds is 5. The van der Waals surface area contributed by atoms with Crippen molar-refractivity contribution in [1.29, 1.82) is 0 Å². The van der Waals surface area contributed by atoms with Crippen LogP contribution < -0.4 is 5.32 Å². The molecule has 1 atom stereocenters. The van der Waals surface area contributed by atoms with Crippen molar-refractivity contribution in [3.63, 3.8) is 0 Å². The number of aliphatic hydroxyl groups is 1. The molecule has 1 aromatic heterocycles. The van der Waals surface area contributed by atoms with E-state index in [1.54, 1.807) is 11.3 Å². The fraction of sp³-hybridized carbons (Fsp3) is 0.700. The summed E-state index contributed by atoms with van der Waals surface area (Å²) in [5.41, 5.74) is 1.12. The van der Waals surface area contributed by atoms with E-state index >= 15 is 0 Å². The van der Waals surface area contributed by atoms with E-state index in [2.05, 4.69) is 17.2 Å². The van der Waals surface area contributed by atoms with Crippen molar-refractivity contribution in [2.24, 2.45) is 0 Å². The Balaban J connectivity index is 2.41. The maximum absolute atomic E-state index is 8.74. The maximum atomic E-state index is 8.74. The Hall–Kier alpha value is -0.450. The number of aryl methyl sites for hydroxylation is 2. The lowest BCUT2D eigenvalue weighted by Crippen LogP contribution is -2.26. The van der Waals surface area contributed by atoms with Gasteiger partial charge in [0.15, 0.2) is 0 Å². The summed E-state index contributed by atoms with van der Waals surface area (Å²) in [5, 5.41) is 13.2. The average Bonchev–Trinajstić information content (AvgIpc) is 2.42. The highest BCUT2D eigenvalue weighted by molar-refractivity contribution is 7.11. The molecular weight excluding hydrogens is 196 g/mol. The Morgan fingerprint density at radius 2 is 2.21 bits per heavy atom. The molecule has 0 amide bonds. The minimum absolute atomic E-state index is 0.245. The molecule has 14 heavy (non-hydrogen) atoms. The molecule has 1 heterocycles. The van der Waals surface area contributed by atoms with Gasteiger partial charge in [-0.2, -0.15) is 0 Å². The number of aromatic nitrogens is 1. The first-order valence-corrected chi connectivity index (χ1v) is 5.72. The summed E-state index contributed by atoms with van der Waals surface area (Å²) in [5.74, 6) is 0. The molecule has 0 bridgehead atoms. The summed E-state index contributed by atoms with van der Waals surface area (Å²) < 4.78 is 0. The van der Waals surface area contributed by atoms with Gasteiger partial charge in [0.2, 0.25) is 0 Å². The van der Waals surface area contributed by atoms with Crippen LogP contribution in [0.1, 0.15) is 28.9 Å². The van der Waals surface area contributed by atoms with Crippen LogP contribution >= 0.6 is 11.3 Å². The van der Waals surface area contributed by atoms with Crippen LogP contribution in [0.5, 0.6) is 0 Å². The number of nitrogens with zero attached hydrogens (tertiary/aromatic N) is 1. The Bertz CT molecular complexity index is 286. The van der Waals surface area contributed by atoms with Gasteiger partial charge in [0.1, 0.15) is 0 Å². The van der Waals surface area contributed by atoms with Gasteiger partial charge in [0.05, 0.1) is 10.7 Å². The van der Waals surface area contributed by atoms with Crippen molar-refractivity contribution in [2.75, 3.05) is 6.61 Å². The van der Waals surface area contributed by atoms with Gasteiger partial charge in [-0.15, -0.1) is 11.3 Å². The van der Waals surface area contributed by atoms with Crippen molar-refractivity contribution in [3.8, 4) is 0 Å². The number of thiazole rings is 1. The smallest absolute Gasteiger partial charge is 0.0900 e. The first-order chi connectivity index (χ1) is 6.63. The van der Waals surface area contributed by atoms with Crippen LogP contribution in [0.4, 0.5) is 0 Å². The molecule has 0 radical (unpaired) electrons. The SMILES string of the molecule is Cc1nc(C)c(CN[C@H](C)CCO)s1. The van der Waals surface area contributed by atoms with Crippen molar-refractivity contribution in [3.05, 3.63) is 15.6 Å². The molecule has 2 N–H and O–H groups in total. The predicted molar refractivity (Wildman–Crippen MR) is 59.6 cm³/mol. The van der Waals surface area contributed by atoms with Crippen molar-refractivity contribution < 1.29 is 5.11 Å². The average molecular weight is 214 g/mol. The maximum Gasteiger partial charge on any atom is 0.0900 e. The lowest BCUT2D eigenvalue weighted by atomic mass is 10.2. The minimum Gasteiger partial charge on any atom is -0.396 e. The zero-order valence-electron chi connectivity index (χ0n) is 9.00. The summed E-state index contributed by atoms with van der Waals surface area (Å²) in [6, 6.07) is 0.363. The van der Waals surface area contributed by atoms with Gasteiger partial charge in [-0.05, 0) is 27.2 Å². The molecule has 0 saturated carbocycles. The van der Waals surface area contributed by atoms with E-state index in [1.807, 2.05) is 13.8 Å². The molecule has 0 aliphatic carbocycles. The molecule has 0 aliphatic rings. The van der Waals surface area contributed by atoms with Crippen molar-refractivity contribution in [2.45, 2.75) is 39.8 Å². The van der Waals surface area contributed by atoms with Crippen LogP contribution in [0.15, 0.2) is 0 Å². The van der Waals surface area contributed by atoms with E-state index in [4.69, 9.17) is 5.11 Å². The monoisotopic (exact) mass is 214 g/mol. The minimum atomic E-state index is 0.245. The standard InChI is InChI=1S/C10H18N2OS/c1-7(4-5-13)11-6-10-8(2)12-9(3)14-10/h7,11,13H,4-6H2,1-3H3/t7-/m1/s1. The highest BCUT2D eigenvalue weighted by Crippen LogP contribution is 2.16. The van der Waals surface area contributed by atoms with Crippen LogP contribution in [-0.4, -0.2) is 22.7 Å². The summed E-state index contributed by atoms with van der Waals surface area (Å²) in [4.78, 5) is 5.66. The van der Waals surface area contributed by atoms with Crippen LogP contribution in [0.3, 0.4) is 0 Å². The molecule has 0 fully saturated rings. The Labute approximate surface area is 89.2 Å². The third-order valence-corrected chi connectivity index (χ3v) is 3.25. The van der Waals surface area contributed by atoms with Gasteiger partial charge >= 0.3 is 0 Å². The molecule has 0 aromatic carbocycles. The molecule has 0 unspecified atom stereocenters. The number of hydrogen-bond acceptors (Lipinski definition) is 4. The van der Waals surface area contributed by atoms with Gasteiger partial charge in [0.25, 0.3) is 0 Å². The third-order valence-electron chi connectivity index (χ3n) is 2.17. The summed E-state index contributed by atoms with van der Waals surface area (Å²) in [6.07, 6.45) is 0.802. The molecular formula is C10H18N2OS. The van der Waals surface area contributed by atoms with Crippen molar-refractivity contribution >= 4 is 11.3 Å². The van der Waals surface area contributed by atoms with Crippen LogP contribution in [0.2, 0.25) is 0 Å². The Morgan fingerprint density at radius 1 is 1.50 bits per heavy atom. The molecule has 4 heteroatoms. The van der Waals surface area contributed by atoms with E-state index in [9.17, 15) is 0 Å². The normalized spacial score (nSPS) is 13.1. The number of nitrogens with one attached hydrogen (secondary N) is 1. The van der Waals surface area contributed by atoms with E-state index in [-0.39, 0.29) is 6.61 Å². The van der Waals surface area contributed by atoms with Gasteiger partial charge < -0.3 is 10.4 Å². The lowest BCUT2D eigenvalue weighted by Gasteiger charge is -2.11. The van der Waals surface area contributed by atoms with Crippen molar-refractivity contribution in [1.82, 2.24) is 10.3 Å². The first-order valence-electron chi connectivity index (χ1n) is 4.90. The second-order valence-electron chi connectivity index (χ2n) is 3.54. The zero-order valence-corrected chi connectivity index (χ0v) is 9.82. The zero-order chi connectivity index (χ0) is 10.6. The largest absolute Gasteiger partial charge is 0.396 e. The van der Waals surface area contributed by atoms with E-state index < -0.39 is 0 Å². The molecule has 0 aliphatic heterocycles. The highest BCUT2D eigenvalue weighted by atomic mass is 32.1. The van der Waals surface area contributed by atoms with Crippen LogP contribution in [0.25, 0.3) is 0 Å². The lowest BCUT2D eigenvalue weighted by molar-refractivity contribution is 0.269. The fourth-order valence-corrected chi connectivity index (χ4v) is 2.19. The Kier molecular flexibility index (Phi) is 4.51. The molecule has 1 aromatic rings. The first kappa shape index (κ1) is 11.6. The summed E-state index contributed by atoms with van der Waals surface area (Å²) in [6.45, 7) is 7.25. The van der Waals surface area contributed by atoms with Gasteiger partial charge in [-0.25, -0.2) is 4.98 Å². The number of hydrogen-bond donors (Lipinski definition) is 2. The number of aliphatic hydroxyl groups excluding tert-OH is 1. The molecule has 80 valence electrons. The summed E-state index contributed by atoms with van der Waals surface area (Å²) >= 11 is 1.74. The van der Waals surface area contributed by atoms with E-state index in [0.29, 0.717) is 6.04 Å². The van der Waals surface area contributed by atoms with E-state index in [0.717, 1.165) is 23.7 Å². The molecule has 1 rings (SSSR count). The quantitative estimate of drug-likeness (QED) is 0.783. The Morgan fingerprint density at radius 3 is 2.71 bits per heavy atom. The van der Waals surface area contributed by atoms with Crippen LogP contribution in [-0.2, 0) is 6.54 Å². The third kappa shape index (κ3) is 3.36. The van der Waals surface area contributed by atoms with Gasteiger partial charge in [0, 0.05) is 24.1 Å². The van der Waals surface area contributed by atoms with Gasteiger partial charge in [-0.1, -0.05) is 0 Å². The molecule has 0 saturated heterocycles. The highest BCUT2D eigenvalue weighted by Gasteiger charge is 2.06. The topological polar surface area (TPSA) is 45.2 Å². The molecule has 3 nitrogen and oxygen atoms in total. The second kappa shape index (κ2) is 5.44. The van der Waals surface area contributed by atoms with E-state index in [1.165, 1.54) is 4.88 Å². The fourth-order valence-electron chi connectivity index (χ4n) is 1.30. The van der Waals surface area contributed by atoms with Crippen LogP contribution in [0, 0.1) is 13.8 Å². The second-order valence-corrected chi connectivity index (χ2v) is 4.82. The summed E-state index contributed by atoms with van der Waals surface area (Å²) in [7, 11) is 0. The predicted octanol–water partition coefficient (Wildman–Crippen LogP) is 1.62. The van der Waals surface area contributed by atoms with Gasteiger partial charge in [-0.3, -0.25) is 0 Å².